The van der Waals surface area contributed by atoms with Crippen molar-refractivity contribution in [2.75, 3.05) is 25.5 Å². The number of hydrogen-bond donors (Lipinski definition) is 1. The minimum absolute atomic E-state index is 0.442. The van der Waals surface area contributed by atoms with Gasteiger partial charge >= 0.3 is 0 Å². The van der Waals surface area contributed by atoms with E-state index >= 15 is 0 Å². The maximum atomic E-state index is 5.34. The Morgan fingerprint density at radius 3 is 2.58 bits per heavy atom. The summed E-state index contributed by atoms with van der Waals surface area (Å²) in [4.78, 5) is 1.35. The Labute approximate surface area is 122 Å². The molecule has 0 aliphatic rings. The molecule has 0 aliphatic heterocycles. The average molecular weight is 281 g/mol. The maximum absolute atomic E-state index is 5.34. The van der Waals surface area contributed by atoms with Crippen molar-refractivity contribution in [3.8, 4) is 0 Å². The van der Waals surface area contributed by atoms with Crippen molar-refractivity contribution in [3.63, 3.8) is 0 Å². The van der Waals surface area contributed by atoms with Crippen molar-refractivity contribution in [2.45, 2.75) is 44.6 Å². The first-order valence-electron chi connectivity index (χ1n) is 7.31. The molecule has 0 radical (unpaired) electrons. The lowest BCUT2D eigenvalue weighted by molar-refractivity contribution is 0.149. The number of hydrogen-bond acceptors (Lipinski definition) is 3. The summed E-state index contributed by atoms with van der Waals surface area (Å²) < 4.78 is 5.34. The van der Waals surface area contributed by atoms with Gasteiger partial charge in [-0.2, -0.15) is 0 Å². The van der Waals surface area contributed by atoms with Gasteiger partial charge in [0.25, 0.3) is 0 Å². The van der Waals surface area contributed by atoms with Crippen LogP contribution in [0.5, 0.6) is 0 Å². The zero-order valence-electron chi connectivity index (χ0n) is 12.4. The van der Waals surface area contributed by atoms with E-state index in [0.29, 0.717) is 6.04 Å². The van der Waals surface area contributed by atoms with Crippen LogP contribution in [0, 0.1) is 0 Å². The summed E-state index contributed by atoms with van der Waals surface area (Å²) in [5, 5.41) is 3.51. The molecule has 1 unspecified atom stereocenters. The second kappa shape index (κ2) is 10.3. The van der Waals surface area contributed by atoms with Crippen LogP contribution in [0.3, 0.4) is 0 Å². The van der Waals surface area contributed by atoms with Crippen LogP contribution in [0.15, 0.2) is 29.2 Å². The molecule has 0 amide bonds. The highest BCUT2D eigenvalue weighted by molar-refractivity contribution is 7.99. The van der Waals surface area contributed by atoms with Gasteiger partial charge in [-0.25, -0.2) is 0 Å². The van der Waals surface area contributed by atoms with E-state index in [1.54, 1.807) is 0 Å². The normalized spacial score (nSPS) is 12.6. The molecular weight excluding hydrogens is 254 g/mol. The van der Waals surface area contributed by atoms with Crippen molar-refractivity contribution in [2.24, 2.45) is 0 Å². The molecule has 0 bridgehead atoms. The Morgan fingerprint density at radius 2 is 1.95 bits per heavy atom. The minimum Gasteiger partial charge on any atom is -0.382 e. The number of ether oxygens (including phenoxy) is 1. The molecule has 3 heteroatoms. The molecule has 108 valence electrons. The van der Waals surface area contributed by atoms with Crippen LogP contribution in [0.1, 0.15) is 45.2 Å². The lowest BCUT2D eigenvalue weighted by Gasteiger charge is -2.14. The molecule has 1 aromatic rings. The molecule has 0 heterocycles. The monoisotopic (exact) mass is 281 g/mol. The first kappa shape index (κ1) is 16.5. The van der Waals surface area contributed by atoms with Gasteiger partial charge in [0.2, 0.25) is 0 Å². The summed E-state index contributed by atoms with van der Waals surface area (Å²) in [5.41, 5.74) is 1.37. The van der Waals surface area contributed by atoms with Gasteiger partial charge in [0.1, 0.15) is 0 Å². The number of thioether (sulfide) groups is 1. The Hall–Kier alpha value is -0.510. The lowest BCUT2D eigenvalue weighted by Crippen LogP contribution is -2.19. The third-order valence-corrected chi connectivity index (χ3v) is 4.08. The summed E-state index contributed by atoms with van der Waals surface area (Å²) >= 11 is 1.91. The summed E-state index contributed by atoms with van der Waals surface area (Å²) in [7, 11) is 0. The lowest BCUT2D eigenvalue weighted by atomic mass is 10.1. The van der Waals surface area contributed by atoms with Gasteiger partial charge in [-0.3, -0.25) is 0 Å². The fourth-order valence-corrected chi connectivity index (χ4v) is 2.65. The van der Waals surface area contributed by atoms with Crippen LogP contribution in [-0.4, -0.2) is 25.5 Å². The third-order valence-electron chi connectivity index (χ3n) is 2.99. The summed E-state index contributed by atoms with van der Waals surface area (Å²) in [6, 6.07) is 9.36. The maximum Gasteiger partial charge on any atom is 0.0473 e. The fraction of sp³-hybridized carbons (Fsp3) is 0.625. The largest absolute Gasteiger partial charge is 0.382 e. The topological polar surface area (TPSA) is 21.3 Å². The predicted octanol–water partition coefficient (Wildman–Crippen LogP) is 4.27. The van der Waals surface area contributed by atoms with Gasteiger partial charge in [0, 0.05) is 29.9 Å². The van der Waals surface area contributed by atoms with Crippen LogP contribution < -0.4 is 5.32 Å². The van der Waals surface area contributed by atoms with E-state index in [2.05, 4.69) is 43.4 Å². The molecule has 0 aliphatic carbocycles. The van der Waals surface area contributed by atoms with E-state index in [-0.39, 0.29) is 0 Å². The predicted molar refractivity (Wildman–Crippen MR) is 85.0 cm³/mol. The molecule has 0 aromatic heterocycles. The molecule has 2 nitrogen and oxygen atoms in total. The first-order valence-corrected chi connectivity index (χ1v) is 8.30. The Balaban J connectivity index is 2.30. The van der Waals surface area contributed by atoms with Crippen molar-refractivity contribution < 1.29 is 4.74 Å². The Morgan fingerprint density at radius 1 is 1.21 bits per heavy atom. The highest BCUT2D eigenvalue weighted by Gasteiger charge is 2.03. The van der Waals surface area contributed by atoms with Gasteiger partial charge in [0.05, 0.1) is 0 Å². The van der Waals surface area contributed by atoms with Crippen LogP contribution in [-0.2, 0) is 4.74 Å². The van der Waals surface area contributed by atoms with Crippen molar-refractivity contribution in [3.05, 3.63) is 29.8 Å². The van der Waals surface area contributed by atoms with Gasteiger partial charge in [-0.05, 0) is 50.9 Å². The second-order valence-corrected chi connectivity index (χ2v) is 5.81. The molecule has 0 saturated heterocycles. The van der Waals surface area contributed by atoms with Crippen molar-refractivity contribution in [1.82, 2.24) is 5.32 Å². The molecule has 0 saturated carbocycles. The first-order chi connectivity index (χ1) is 9.27. The number of nitrogens with one attached hydrogen (secondary N) is 1. The van der Waals surface area contributed by atoms with Crippen molar-refractivity contribution in [1.29, 1.82) is 0 Å². The van der Waals surface area contributed by atoms with E-state index in [1.807, 2.05) is 18.7 Å². The SMILES string of the molecule is CCCNC(C)c1ccc(SCCCOCC)cc1. The quantitative estimate of drug-likeness (QED) is 0.511. The van der Waals surface area contributed by atoms with E-state index in [1.165, 1.54) is 16.9 Å². The molecular formula is C16H27NOS. The van der Waals surface area contributed by atoms with Gasteiger partial charge < -0.3 is 10.1 Å². The molecule has 0 fully saturated rings. The summed E-state index contributed by atoms with van der Waals surface area (Å²) in [6.07, 6.45) is 2.30. The molecule has 0 spiro atoms. The zero-order chi connectivity index (χ0) is 13.9. The van der Waals surface area contributed by atoms with E-state index < -0.39 is 0 Å². The number of rotatable bonds is 10. The minimum atomic E-state index is 0.442. The van der Waals surface area contributed by atoms with Gasteiger partial charge in [0.15, 0.2) is 0 Å². The molecule has 19 heavy (non-hydrogen) atoms. The third kappa shape index (κ3) is 7.00. The second-order valence-electron chi connectivity index (χ2n) is 4.64. The van der Waals surface area contributed by atoms with E-state index in [0.717, 1.165) is 31.9 Å². The average Bonchev–Trinajstić information content (AvgIpc) is 2.45. The smallest absolute Gasteiger partial charge is 0.0473 e. The highest BCUT2D eigenvalue weighted by atomic mass is 32.2. The van der Waals surface area contributed by atoms with Gasteiger partial charge in [-0.15, -0.1) is 11.8 Å². The van der Waals surface area contributed by atoms with E-state index in [4.69, 9.17) is 4.74 Å². The highest BCUT2D eigenvalue weighted by Crippen LogP contribution is 2.21. The van der Waals surface area contributed by atoms with Crippen LogP contribution >= 0.6 is 11.8 Å². The van der Waals surface area contributed by atoms with Crippen LogP contribution in [0.25, 0.3) is 0 Å². The summed E-state index contributed by atoms with van der Waals surface area (Å²) in [5.74, 6) is 1.13. The van der Waals surface area contributed by atoms with Crippen molar-refractivity contribution >= 4 is 11.8 Å². The van der Waals surface area contributed by atoms with Crippen LogP contribution in [0.2, 0.25) is 0 Å². The summed E-state index contributed by atoms with van der Waals surface area (Å²) in [6.45, 7) is 9.23. The fourth-order valence-electron chi connectivity index (χ4n) is 1.83. The Bertz CT molecular complexity index is 326. The molecule has 1 rings (SSSR count). The molecule has 1 aromatic carbocycles. The molecule has 1 N–H and O–H groups in total. The van der Waals surface area contributed by atoms with Crippen LogP contribution in [0.4, 0.5) is 0 Å². The standard InChI is InChI=1S/C16H27NOS/c1-4-11-17-14(3)15-7-9-16(10-8-15)19-13-6-12-18-5-2/h7-10,14,17H,4-6,11-13H2,1-3H3. The zero-order valence-corrected chi connectivity index (χ0v) is 13.3. The molecule has 1 atom stereocenters. The van der Waals surface area contributed by atoms with E-state index in [9.17, 15) is 0 Å². The van der Waals surface area contributed by atoms with Gasteiger partial charge in [-0.1, -0.05) is 19.1 Å². The number of benzene rings is 1. The Kier molecular flexibility index (Phi) is 8.97.